The van der Waals surface area contributed by atoms with Crippen LogP contribution in [0.5, 0.6) is 0 Å². The maximum atomic E-state index is 12.8. The van der Waals surface area contributed by atoms with Gasteiger partial charge in [0.1, 0.15) is 0 Å². The van der Waals surface area contributed by atoms with Crippen molar-refractivity contribution in [1.82, 2.24) is 9.80 Å². The minimum absolute atomic E-state index is 0.0362. The van der Waals surface area contributed by atoms with E-state index in [-0.39, 0.29) is 18.4 Å². The summed E-state index contributed by atoms with van der Waals surface area (Å²) in [5.74, 6) is -0.867. The smallest absolute Gasteiger partial charge is 0.256 e. The fraction of sp³-hybridized carbons (Fsp3) is 0.303. The van der Waals surface area contributed by atoms with E-state index in [0.29, 0.717) is 30.8 Å². The second-order valence-electron chi connectivity index (χ2n) is 9.98. The summed E-state index contributed by atoms with van der Waals surface area (Å²) in [6.07, 6.45) is 4.29. The van der Waals surface area contributed by atoms with Gasteiger partial charge in [0.15, 0.2) is 6.10 Å². The summed E-state index contributed by atoms with van der Waals surface area (Å²) >= 11 is 0. The average molecular weight is 557 g/mol. The van der Waals surface area contributed by atoms with Gasteiger partial charge >= 0.3 is 0 Å². The molecule has 0 saturated carbocycles. The topological polar surface area (TPSA) is 102 Å². The molecule has 0 spiro atoms. The van der Waals surface area contributed by atoms with Crippen molar-refractivity contribution in [2.24, 2.45) is 0 Å². The highest BCUT2D eigenvalue weighted by atomic mass is 16.3. The Balaban J connectivity index is 1.51. The lowest BCUT2D eigenvalue weighted by molar-refractivity contribution is -0.142. The Hall–Kier alpha value is -4.27. The Bertz CT molecular complexity index is 1290. The monoisotopic (exact) mass is 556 g/mol. The largest absolute Gasteiger partial charge is 0.378 e. The van der Waals surface area contributed by atoms with Gasteiger partial charge in [-0.15, -0.1) is 0 Å². The van der Waals surface area contributed by atoms with Crippen LogP contribution < -0.4 is 10.6 Å². The third-order valence-corrected chi connectivity index (χ3v) is 6.36. The maximum Gasteiger partial charge on any atom is 0.256 e. The summed E-state index contributed by atoms with van der Waals surface area (Å²) in [5, 5.41) is 16.2. The van der Waals surface area contributed by atoms with Crippen LogP contribution in [0.4, 0.5) is 11.4 Å². The lowest BCUT2D eigenvalue weighted by atomic mass is 10.1. The summed E-state index contributed by atoms with van der Waals surface area (Å²) in [4.78, 5) is 41.1. The molecule has 3 aromatic rings. The zero-order valence-electron chi connectivity index (χ0n) is 24.0. The highest BCUT2D eigenvalue weighted by Gasteiger charge is 2.25. The van der Waals surface area contributed by atoms with Crippen LogP contribution in [0.1, 0.15) is 49.5 Å². The summed E-state index contributed by atoms with van der Waals surface area (Å²) in [6, 6.07) is 23.7. The van der Waals surface area contributed by atoms with Crippen LogP contribution in [0.15, 0.2) is 78.9 Å². The third kappa shape index (κ3) is 10.3. The molecule has 0 radical (unpaired) electrons. The van der Waals surface area contributed by atoms with Crippen molar-refractivity contribution in [2.45, 2.75) is 32.8 Å². The lowest BCUT2D eigenvalue weighted by Gasteiger charge is -2.24. The third-order valence-electron chi connectivity index (χ3n) is 6.36. The second-order valence-corrected chi connectivity index (χ2v) is 9.98. The van der Waals surface area contributed by atoms with E-state index in [1.165, 1.54) is 4.90 Å². The fourth-order valence-corrected chi connectivity index (χ4v) is 4.32. The van der Waals surface area contributed by atoms with Crippen LogP contribution in [-0.2, 0) is 14.4 Å². The molecule has 3 N–H and O–H groups in total. The molecular weight excluding hydrogens is 516 g/mol. The first-order valence-electron chi connectivity index (χ1n) is 14.0. The molecule has 0 aliphatic rings. The number of amides is 3. The quantitative estimate of drug-likeness (QED) is 0.241. The first-order chi connectivity index (χ1) is 19.8. The molecular formula is C33H40N4O4. The predicted octanol–water partition coefficient (Wildman–Crippen LogP) is 5.05. The lowest BCUT2D eigenvalue weighted by Crippen LogP contribution is -2.41. The minimum atomic E-state index is -1.31. The molecule has 0 aliphatic carbocycles. The zero-order valence-corrected chi connectivity index (χ0v) is 24.0. The van der Waals surface area contributed by atoms with Crippen molar-refractivity contribution < 1.29 is 19.5 Å². The molecule has 216 valence electrons. The van der Waals surface area contributed by atoms with E-state index in [1.54, 1.807) is 36.4 Å². The van der Waals surface area contributed by atoms with Gasteiger partial charge in [0, 0.05) is 17.9 Å². The Morgan fingerprint density at radius 3 is 1.71 bits per heavy atom. The van der Waals surface area contributed by atoms with Crippen molar-refractivity contribution >= 4 is 41.2 Å². The predicted molar refractivity (Wildman–Crippen MR) is 165 cm³/mol. The van der Waals surface area contributed by atoms with Crippen molar-refractivity contribution in [2.75, 3.05) is 43.9 Å². The van der Waals surface area contributed by atoms with Gasteiger partial charge in [0.05, 0.1) is 13.1 Å². The average Bonchev–Trinajstić information content (AvgIpc) is 2.97. The van der Waals surface area contributed by atoms with Crippen molar-refractivity contribution in [1.29, 1.82) is 0 Å². The van der Waals surface area contributed by atoms with Crippen molar-refractivity contribution in [3.63, 3.8) is 0 Å². The van der Waals surface area contributed by atoms with E-state index in [0.717, 1.165) is 29.8 Å². The number of nitrogens with zero attached hydrogens (tertiary/aromatic N) is 2. The van der Waals surface area contributed by atoms with Crippen LogP contribution in [0, 0.1) is 0 Å². The molecule has 0 saturated heterocycles. The number of benzene rings is 3. The molecule has 3 rings (SSSR count). The SMILES string of the molecule is CCCN(C)CC(=O)Nc1ccc(/C=C/c2ccc(NC(=O)CN(CCC)C(=O)[C@H](O)c3ccccc3)cc2)cc1. The summed E-state index contributed by atoms with van der Waals surface area (Å²) in [5.41, 5.74) is 3.81. The maximum absolute atomic E-state index is 12.8. The number of aliphatic hydroxyl groups excluding tert-OH is 1. The highest BCUT2D eigenvalue weighted by molar-refractivity contribution is 5.95. The fourth-order valence-electron chi connectivity index (χ4n) is 4.32. The Kier molecular flexibility index (Phi) is 12.3. The number of hydrogen-bond acceptors (Lipinski definition) is 5. The molecule has 0 aromatic heterocycles. The van der Waals surface area contributed by atoms with Crippen LogP contribution in [0.2, 0.25) is 0 Å². The first kappa shape index (κ1) is 31.3. The molecule has 0 fully saturated rings. The molecule has 3 amide bonds. The Labute approximate surface area is 242 Å². The number of carbonyl (C=O) groups excluding carboxylic acids is 3. The van der Waals surface area contributed by atoms with E-state index in [9.17, 15) is 19.5 Å². The molecule has 0 unspecified atom stereocenters. The van der Waals surface area contributed by atoms with Gasteiger partial charge in [0.25, 0.3) is 5.91 Å². The second kappa shape index (κ2) is 16.1. The number of rotatable bonds is 14. The molecule has 8 heteroatoms. The molecule has 0 aliphatic heterocycles. The van der Waals surface area contributed by atoms with Gasteiger partial charge in [-0.25, -0.2) is 0 Å². The number of likely N-dealkylation sites (N-methyl/N-ethyl adjacent to an activating group) is 1. The summed E-state index contributed by atoms with van der Waals surface area (Å²) in [7, 11) is 1.93. The van der Waals surface area contributed by atoms with Crippen LogP contribution >= 0.6 is 0 Å². The molecule has 41 heavy (non-hydrogen) atoms. The van der Waals surface area contributed by atoms with Crippen molar-refractivity contribution in [3.05, 3.63) is 95.6 Å². The van der Waals surface area contributed by atoms with Crippen LogP contribution in [0.25, 0.3) is 12.2 Å². The number of aliphatic hydroxyl groups is 1. The van der Waals surface area contributed by atoms with Crippen LogP contribution in [-0.4, -0.2) is 65.9 Å². The van der Waals surface area contributed by atoms with E-state index in [1.807, 2.05) is 73.5 Å². The Morgan fingerprint density at radius 2 is 1.22 bits per heavy atom. The minimum Gasteiger partial charge on any atom is -0.378 e. The molecule has 1 atom stereocenters. The van der Waals surface area contributed by atoms with Gasteiger partial charge in [-0.1, -0.05) is 80.6 Å². The van der Waals surface area contributed by atoms with Crippen molar-refractivity contribution in [3.8, 4) is 0 Å². The van der Waals surface area contributed by atoms with E-state index in [4.69, 9.17) is 0 Å². The molecule has 0 heterocycles. The van der Waals surface area contributed by atoms with E-state index in [2.05, 4.69) is 17.6 Å². The zero-order chi connectivity index (χ0) is 29.6. The summed E-state index contributed by atoms with van der Waals surface area (Å²) in [6.45, 7) is 5.45. The first-order valence-corrected chi connectivity index (χ1v) is 14.0. The normalized spacial score (nSPS) is 11.8. The van der Waals surface area contributed by atoms with Gasteiger partial charge in [-0.2, -0.15) is 0 Å². The molecule has 8 nitrogen and oxygen atoms in total. The van der Waals surface area contributed by atoms with Gasteiger partial charge in [-0.05, 0) is 67.4 Å². The number of hydrogen-bond donors (Lipinski definition) is 3. The Morgan fingerprint density at radius 1 is 0.732 bits per heavy atom. The molecule has 0 bridgehead atoms. The molecule has 3 aromatic carbocycles. The van der Waals surface area contributed by atoms with Gasteiger partial charge < -0.3 is 20.6 Å². The van der Waals surface area contributed by atoms with Crippen LogP contribution in [0.3, 0.4) is 0 Å². The summed E-state index contributed by atoms with van der Waals surface area (Å²) < 4.78 is 0. The number of anilines is 2. The number of nitrogens with one attached hydrogen (secondary N) is 2. The highest BCUT2D eigenvalue weighted by Crippen LogP contribution is 2.17. The standard InChI is InChI=1S/C33H40N4O4/c1-4-21-36(3)23-30(38)34-28-17-13-25(14-18-28)11-12-26-15-19-29(20-16-26)35-31(39)24-37(22-5-2)33(41)32(40)27-9-7-6-8-10-27/h6-20,32,40H,4-5,21-24H2,1-3H3,(H,34,38)(H,35,39)/b12-11+/t32-/m1/s1. The van der Waals surface area contributed by atoms with Gasteiger partial charge in [0.2, 0.25) is 11.8 Å². The number of carbonyl (C=O) groups is 3. The van der Waals surface area contributed by atoms with E-state index >= 15 is 0 Å². The van der Waals surface area contributed by atoms with Gasteiger partial charge in [-0.3, -0.25) is 19.3 Å². The van der Waals surface area contributed by atoms with E-state index < -0.39 is 12.0 Å².